The van der Waals surface area contributed by atoms with Crippen LogP contribution in [0.15, 0.2) is 18.2 Å². The standard InChI is InChI=1S/C14H24N4O/c1-3-5-7-11(4-2)10-16-14(19)12-8-6-9-13(17-12)18-15/h6,8-9,11H,3-5,7,10,15H2,1-2H3,(H,16,19)(H,17,18). The maximum Gasteiger partial charge on any atom is 0.269 e. The molecule has 1 atom stereocenters. The van der Waals surface area contributed by atoms with E-state index in [1.807, 2.05) is 0 Å². The molecule has 0 bridgehead atoms. The highest BCUT2D eigenvalue weighted by molar-refractivity contribution is 5.92. The van der Waals surface area contributed by atoms with Gasteiger partial charge in [-0.25, -0.2) is 10.8 Å². The van der Waals surface area contributed by atoms with Gasteiger partial charge in [-0.3, -0.25) is 4.79 Å². The summed E-state index contributed by atoms with van der Waals surface area (Å²) < 4.78 is 0. The number of amides is 1. The zero-order valence-corrected chi connectivity index (χ0v) is 11.8. The van der Waals surface area contributed by atoms with Crippen molar-refractivity contribution in [1.29, 1.82) is 0 Å². The highest BCUT2D eigenvalue weighted by Gasteiger charge is 2.11. The number of rotatable bonds is 8. The van der Waals surface area contributed by atoms with E-state index in [9.17, 15) is 4.79 Å². The second-order valence-corrected chi connectivity index (χ2v) is 4.68. The predicted molar refractivity (Wildman–Crippen MR) is 77.7 cm³/mol. The second-order valence-electron chi connectivity index (χ2n) is 4.68. The van der Waals surface area contributed by atoms with E-state index in [2.05, 4.69) is 29.6 Å². The molecule has 0 aliphatic rings. The van der Waals surface area contributed by atoms with E-state index in [0.717, 1.165) is 12.8 Å². The first kappa shape index (κ1) is 15.4. The van der Waals surface area contributed by atoms with Gasteiger partial charge in [-0.05, 0) is 24.5 Å². The summed E-state index contributed by atoms with van der Waals surface area (Å²) in [5.41, 5.74) is 2.82. The molecule has 0 saturated heterocycles. The summed E-state index contributed by atoms with van der Waals surface area (Å²) in [5, 5.41) is 2.94. The number of pyridine rings is 1. The van der Waals surface area contributed by atoms with Crippen LogP contribution in [0.1, 0.15) is 50.0 Å². The molecule has 0 aliphatic carbocycles. The third-order valence-corrected chi connectivity index (χ3v) is 3.22. The quantitative estimate of drug-likeness (QED) is 0.497. The summed E-state index contributed by atoms with van der Waals surface area (Å²) in [6.07, 6.45) is 4.64. The van der Waals surface area contributed by atoms with Crippen molar-refractivity contribution in [3.8, 4) is 0 Å². The topological polar surface area (TPSA) is 80.0 Å². The lowest BCUT2D eigenvalue weighted by Gasteiger charge is -2.15. The third kappa shape index (κ3) is 5.26. The molecule has 106 valence electrons. The number of hydrogen-bond donors (Lipinski definition) is 3. The largest absolute Gasteiger partial charge is 0.350 e. The number of anilines is 1. The van der Waals surface area contributed by atoms with Crippen molar-refractivity contribution in [3.63, 3.8) is 0 Å². The third-order valence-electron chi connectivity index (χ3n) is 3.22. The second kappa shape index (κ2) is 8.48. The Morgan fingerprint density at radius 3 is 2.84 bits per heavy atom. The predicted octanol–water partition coefficient (Wildman–Crippen LogP) is 2.31. The van der Waals surface area contributed by atoms with Crippen molar-refractivity contribution in [2.24, 2.45) is 11.8 Å². The van der Waals surface area contributed by atoms with Crippen molar-refractivity contribution in [2.75, 3.05) is 12.0 Å². The highest BCUT2D eigenvalue weighted by Crippen LogP contribution is 2.11. The maximum atomic E-state index is 12.0. The number of carbonyl (C=O) groups excluding carboxylic acids is 1. The summed E-state index contributed by atoms with van der Waals surface area (Å²) in [6, 6.07) is 5.15. The first-order valence-corrected chi connectivity index (χ1v) is 6.93. The zero-order chi connectivity index (χ0) is 14.1. The monoisotopic (exact) mass is 264 g/mol. The van der Waals surface area contributed by atoms with Gasteiger partial charge in [-0.2, -0.15) is 0 Å². The fraction of sp³-hybridized carbons (Fsp3) is 0.571. The van der Waals surface area contributed by atoms with Gasteiger partial charge >= 0.3 is 0 Å². The number of aromatic nitrogens is 1. The fourth-order valence-corrected chi connectivity index (χ4v) is 1.91. The van der Waals surface area contributed by atoms with Crippen LogP contribution >= 0.6 is 0 Å². The van der Waals surface area contributed by atoms with Gasteiger partial charge in [0, 0.05) is 6.54 Å². The van der Waals surface area contributed by atoms with Crippen molar-refractivity contribution in [2.45, 2.75) is 39.5 Å². The van der Waals surface area contributed by atoms with Crippen molar-refractivity contribution < 1.29 is 4.79 Å². The Morgan fingerprint density at radius 2 is 2.21 bits per heavy atom. The van der Waals surface area contributed by atoms with E-state index in [-0.39, 0.29) is 5.91 Å². The van der Waals surface area contributed by atoms with Crippen molar-refractivity contribution >= 4 is 11.7 Å². The highest BCUT2D eigenvalue weighted by atomic mass is 16.1. The molecule has 0 aliphatic heterocycles. The van der Waals surface area contributed by atoms with Gasteiger partial charge in [0.05, 0.1) is 0 Å². The van der Waals surface area contributed by atoms with Gasteiger partial charge in [-0.1, -0.05) is 39.2 Å². The van der Waals surface area contributed by atoms with Crippen LogP contribution in [0.25, 0.3) is 0 Å². The summed E-state index contributed by atoms with van der Waals surface area (Å²) in [5.74, 6) is 6.16. The number of hydrazine groups is 1. The zero-order valence-electron chi connectivity index (χ0n) is 11.8. The lowest BCUT2D eigenvalue weighted by Crippen LogP contribution is -2.30. The van der Waals surface area contributed by atoms with E-state index in [0.29, 0.717) is 24.0 Å². The lowest BCUT2D eigenvalue weighted by atomic mass is 9.99. The average molecular weight is 264 g/mol. The number of unbranched alkanes of at least 4 members (excludes halogenated alkanes) is 1. The Morgan fingerprint density at radius 1 is 1.42 bits per heavy atom. The smallest absolute Gasteiger partial charge is 0.269 e. The molecule has 19 heavy (non-hydrogen) atoms. The van der Waals surface area contributed by atoms with Crippen LogP contribution in [0, 0.1) is 5.92 Å². The fourth-order valence-electron chi connectivity index (χ4n) is 1.91. The SMILES string of the molecule is CCCCC(CC)CNC(=O)c1cccc(NN)n1. The maximum absolute atomic E-state index is 12.0. The van der Waals surface area contributed by atoms with E-state index in [4.69, 9.17) is 5.84 Å². The van der Waals surface area contributed by atoms with Crippen LogP contribution in [0.5, 0.6) is 0 Å². The number of nitrogens with zero attached hydrogens (tertiary/aromatic N) is 1. The van der Waals surface area contributed by atoms with Gasteiger partial charge in [0.15, 0.2) is 0 Å². The summed E-state index contributed by atoms with van der Waals surface area (Å²) in [6.45, 7) is 5.04. The van der Waals surface area contributed by atoms with Crippen LogP contribution in [0.2, 0.25) is 0 Å². The molecule has 1 aromatic rings. The Balaban J connectivity index is 2.49. The minimum absolute atomic E-state index is 0.146. The molecule has 1 unspecified atom stereocenters. The van der Waals surface area contributed by atoms with Crippen LogP contribution in [0.4, 0.5) is 5.82 Å². The first-order chi connectivity index (χ1) is 9.21. The van der Waals surface area contributed by atoms with Crippen LogP contribution in [-0.2, 0) is 0 Å². The number of carbonyl (C=O) groups is 1. The number of hydrogen-bond acceptors (Lipinski definition) is 4. The van der Waals surface area contributed by atoms with Gasteiger partial charge in [0.2, 0.25) is 0 Å². The molecule has 5 nitrogen and oxygen atoms in total. The Labute approximate surface area is 115 Å². The minimum atomic E-state index is -0.146. The molecule has 0 aromatic carbocycles. The van der Waals surface area contributed by atoms with Gasteiger partial charge in [0.25, 0.3) is 5.91 Å². The van der Waals surface area contributed by atoms with Crippen LogP contribution in [-0.4, -0.2) is 17.4 Å². The summed E-state index contributed by atoms with van der Waals surface area (Å²) in [7, 11) is 0. The van der Waals surface area contributed by atoms with Gasteiger partial charge < -0.3 is 10.7 Å². The normalized spacial score (nSPS) is 11.9. The van der Waals surface area contributed by atoms with E-state index in [1.54, 1.807) is 18.2 Å². The number of nitrogen functional groups attached to an aromatic ring is 1. The summed E-state index contributed by atoms with van der Waals surface area (Å²) >= 11 is 0. The molecule has 1 aromatic heterocycles. The molecule has 1 rings (SSSR count). The molecular formula is C14H24N4O. The molecule has 4 N–H and O–H groups in total. The molecule has 0 saturated carbocycles. The summed E-state index contributed by atoms with van der Waals surface area (Å²) in [4.78, 5) is 16.1. The van der Waals surface area contributed by atoms with E-state index < -0.39 is 0 Å². The first-order valence-electron chi connectivity index (χ1n) is 6.93. The van der Waals surface area contributed by atoms with Crippen LogP contribution < -0.4 is 16.6 Å². The number of nitrogens with one attached hydrogen (secondary N) is 2. The van der Waals surface area contributed by atoms with Gasteiger partial charge in [-0.15, -0.1) is 0 Å². The minimum Gasteiger partial charge on any atom is -0.350 e. The Kier molecular flexibility index (Phi) is 6.89. The van der Waals surface area contributed by atoms with Crippen LogP contribution in [0.3, 0.4) is 0 Å². The Bertz CT molecular complexity index is 395. The van der Waals surface area contributed by atoms with Crippen molar-refractivity contribution in [1.82, 2.24) is 10.3 Å². The molecule has 1 heterocycles. The molecular weight excluding hydrogens is 240 g/mol. The molecule has 1 amide bonds. The Hall–Kier alpha value is -1.62. The molecule has 0 radical (unpaired) electrons. The average Bonchev–Trinajstić information content (AvgIpc) is 2.47. The van der Waals surface area contributed by atoms with E-state index >= 15 is 0 Å². The van der Waals surface area contributed by atoms with Gasteiger partial charge in [0.1, 0.15) is 11.5 Å². The van der Waals surface area contributed by atoms with E-state index in [1.165, 1.54) is 12.8 Å². The lowest BCUT2D eigenvalue weighted by molar-refractivity contribution is 0.0941. The molecule has 0 fully saturated rings. The number of nitrogens with two attached hydrogens (primary N) is 1. The molecule has 0 spiro atoms. The molecule has 5 heteroatoms. The van der Waals surface area contributed by atoms with Crippen molar-refractivity contribution in [3.05, 3.63) is 23.9 Å².